The minimum Gasteiger partial charge on any atom is -0.321 e. The maximum atomic E-state index is 12.1. The van der Waals surface area contributed by atoms with Gasteiger partial charge in [-0.25, -0.2) is 9.36 Å². The van der Waals surface area contributed by atoms with Crippen LogP contribution in [0.15, 0.2) is 47.5 Å². The lowest BCUT2D eigenvalue weighted by atomic mass is 10.2. The van der Waals surface area contributed by atoms with E-state index in [9.17, 15) is 9.59 Å². The van der Waals surface area contributed by atoms with Crippen LogP contribution < -0.4 is 10.9 Å². The van der Waals surface area contributed by atoms with Crippen molar-refractivity contribution in [3.05, 3.63) is 58.8 Å². The Balaban J connectivity index is 1.76. The molecule has 3 aromatic rings. The van der Waals surface area contributed by atoms with E-state index in [0.29, 0.717) is 5.69 Å². The second-order valence-electron chi connectivity index (χ2n) is 4.44. The Morgan fingerprint density at radius 1 is 1.14 bits per heavy atom. The van der Waals surface area contributed by atoms with Gasteiger partial charge in [0.15, 0.2) is 0 Å². The van der Waals surface area contributed by atoms with Crippen LogP contribution in [0.1, 0.15) is 10.5 Å². The summed E-state index contributed by atoms with van der Waals surface area (Å²) in [5.41, 5.74) is 1.25. The molecule has 0 atom stereocenters. The maximum absolute atomic E-state index is 12.1. The van der Waals surface area contributed by atoms with E-state index in [2.05, 4.69) is 25.9 Å². The maximum Gasteiger partial charge on any atom is 0.276 e. The predicted molar refractivity (Wildman–Crippen MR) is 76.6 cm³/mol. The fraction of sp³-hybridized carbons (Fsp3) is 0.0769. The molecule has 2 heterocycles. The van der Waals surface area contributed by atoms with Crippen LogP contribution in [0, 0.1) is 0 Å². The molecule has 0 aliphatic carbocycles. The van der Waals surface area contributed by atoms with Gasteiger partial charge < -0.3 is 5.32 Å². The molecule has 9 heteroatoms. The summed E-state index contributed by atoms with van der Waals surface area (Å²) in [5, 5.41) is 17.5. The lowest BCUT2D eigenvalue weighted by Crippen LogP contribution is -2.23. The summed E-state index contributed by atoms with van der Waals surface area (Å²) >= 11 is 0. The zero-order valence-corrected chi connectivity index (χ0v) is 11.5. The third-order valence-electron chi connectivity index (χ3n) is 2.93. The molecule has 0 aliphatic rings. The van der Waals surface area contributed by atoms with Crippen molar-refractivity contribution in [1.29, 1.82) is 0 Å². The summed E-state index contributed by atoms with van der Waals surface area (Å²) in [4.78, 5) is 23.3. The second kappa shape index (κ2) is 5.56. The number of anilines is 1. The average Bonchev–Trinajstić information content (AvgIpc) is 3.05. The van der Waals surface area contributed by atoms with E-state index >= 15 is 0 Å². The van der Waals surface area contributed by atoms with Gasteiger partial charge in [0.2, 0.25) is 0 Å². The van der Waals surface area contributed by atoms with Gasteiger partial charge in [0, 0.05) is 18.8 Å². The third-order valence-corrected chi connectivity index (χ3v) is 2.93. The summed E-state index contributed by atoms with van der Waals surface area (Å²) in [5.74, 6) is -0.397. The number of carbonyl (C=O) groups is 1. The van der Waals surface area contributed by atoms with E-state index in [4.69, 9.17) is 0 Å². The van der Waals surface area contributed by atoms with E-state index in [1.165, 1.54) is 30.2 Å². The molecule has 22 heavy (non-hydrogen) atoms. The average molecular weight is 297 g/mol. The van der Waals surface area contributed by atoms with Crippen molar-refractivity contribution in [3.63, 3.8) is 0 Å². The van der Waals surface area contributed by atoms with Crippen LogP contribution in [0.3, 0.4) is 0 Å². The van der Waals surface area contributed by atoms with Crippen LogP contribution >= 0.6 is 0 Å². The number of nitrogens with one attached hydrogen (secondary N) is 1. The van der Waals surface area contributed by atoms with Crippen molar-refractivity contribution in [2.75, 3.05) is 5.32 Å². The van der Waals surface area contributed by atoms with Crippen molar-refractivity contribution in [2.45, 2.75) is 0 Å². The standard InChI is InChI=1S/C13H11N7O2/c1-19-12(21)7-6-11(16-19)13(22)15-9-2-4-10(5-3-9)20-8-14-17-18-20/h2-8H,1H3,(H,15,22). The van der Waals surface area contributed by atoms with E-state index in [1.54, 1.807) is 24.3 Å². The smallest absolute Gasteiger partial charge is 0.276 e. The Bertz CT molecular complexity index is 853. The van der Waals surface area contributed by atoms with Gasteiger partial charge in [0.1, 0.15) is 12.0 Å². The highest BCUT2D eigenvalue weighted by Gasteiger charge is 2.09. The molecule has 1 N–H and O–H groups in total. The molecule has 2 aromatic heterocycles. The van der Waals surface area contributed by atoms with E-state index in [-0.39, 0.29) is 11.3 Å². The van der Waals surface area contributed by atoms with Crippen LogP contribution in [0.4, 0.5) is 5.69 Å². The normalized spacial score (nSPS) is 10.4. The number of amides is 1. The first-order valence-electron chi connectivity index (χ1n) is 6.32. The number of aryl methyl sites for hydroxylation is 1. The van der Waals surface area contributed by atoms with E-state index in [0.717, 1.165) is 10.4 Å². The topological polar surface area (TPSA) is 108 Å². The minimum atomic E-state index is -0.397. The monoisotopic (exact) mass is 297 g/mol. The molecule has 1 aromatic carbocycles. The molecule has 0 bridgehead atoms. The van der Waals surface area contributed by atoms with Gasteiger partial charge in [-0.1, -0.05) is 0 Å². The minimum absolute atomic E-state index is 0.159. The number of aromatic nitrogens is 6. The number of nitrogens with zero attached hydrogens (tertiary/aromatic N) is 6. The summed E-state index contributed by atoms with van der Waals surface area (Å²) in [6.07, 6.45) is 1.47. The largest absolute Gasteiger partial charge is 0.321 e. The molecule has 110 valence electrons. The first kappa shape index (κ1) is 13.6. The Kier molecular flexibility index (Phi) is 3.44. The Hall–Kier alpha value is -3.36. The molecule has 1 amide bonds. The van der Waals surface area contributed by atoms with Gasteiger partial charge in [-0.15, -0.1) is 5.10 Å². The van der Waals surface area contributed by atoms with Gasteiger partial charge >= 0.3 is 0 Å². The third kappa shape index (κ3) is 2.73. The first-order chi connectivity index (χ1) is 10.6. The van der Waals surface area contributed by atoms with Gasteiger partial charge in [-0.05, 0) is 40.8 Å². The van der Waals surface area contributed by atoms with Crippen LogP contribution in [-0.2, 0) is 7.05 Å². The van der Waals surface area contributed by atoms with Crippen LogP contribution in [0.2, 0.25) is 0 Å². The van der Waals surface area contributed by atoms with Crippen LogP contribution in [0.25, 0.3) is 5.69 Å². The highest BCUT2D eigenvalue weighted by atomic mass is 16.2. The number of hydrogen-bond donors (Lipinski definition) is 1. The fourth-order valence-electron chi connectivity index (χ4n) is 1.80. The lowest BCUT2D eigenvalue weighted by molar-refractivity contribution is 0.102. The zero-order chi connectivity index (χ0) is 15.5. The van der Waals surface area contributed by atoms with Gasteiger partial charge in [-0.3, -0.25) is 9.59 Å². The van der Waals surface area contributed by atoms with E-state index < -0.39 is 5.91 Å². The van der Waals surface area contributed by atoms with E-state index in [1.807, 2.05) is 0 Å². The molecule has 0 fully saturated rings. The predicted octanol–water partition coefficient (Wildman–Crippen LogP) is 0.00830. The fourth-order valence-corrected chi connectivity index (χ4v) is 1.80. The molecule has 0 radical (unpaired) electrons. The Morgan fingerprint density at radius 3 is 2.55 bits per heavy atom. The highest BCUT2D eigenvalue weighted by molar-refractivity contribution is 6.02. The number of hydrogen-bond acceptors (Lipinski definition) is 6. The highest BCUT2D eigenvalue weighted by Crippen LogP contribution is 2.12. The van der Waals surface area contributed by atoms with Crippen molar-refractivity contribution >= 4 is 11.6 Å². The Labute approximate surface area is 124 Å². The summed E-state index contributed by atoms with van der Waals surface area (Å²) in [7, 11) is 1.49. The van der Waals surface area contributed by atoms with Crippen molar-refractivity contribution in [3.8, 4) is 5.69 Å². The molecule has 0 saturated carbocycles. The number of benzene rings is 1. The van der Waals surface area contributed by atoms with Crippen molar-refractivity contribution in [1.82, 2.24) is 30.0 Å². The molecular weight excluding hydrogens is 286 g/mol. The van der Waals surface area contributed by atoms with Crippen molar-refractivity contribution in [2.24, 2.45) is 7.05 Å². The van der Waals surface area contributed by atoms with Crippen LogP contribution in [-0.4, -0.2) is 35.9 Å². The van der Waals surface area contributed by atoms with Gasteiger partial charge in [0.05, 0.1) is 5.69 Å². The second-order valence-corrected chi connectivity index (χ2v) is 4.44. The first-order valence-corrected chi connectivity index (χ1v) is 6.32. The summed E-state index contributed by atoms with van der Waals surface area (Å²) < 4.78 is 2.61. The number of rotatable bonds is 3. The van der Waals surface area contributed by atoms with Crippen molar-refractivity contribution < 1.29 is 4.79 Å². The zero-order valence-electron chi connectivity index (χ0n) is 11.5. The molecule has 0 saturated heterocycles. The molecule has 0 aliphatic heterocycles. The number of carbonyl (C=O) groups excluding carboxylic acids is 1. The molecular formula is C13H11N7O2. The molecule has 0 spiro atoms. The summed E-state index contributed by atoms with van der Waals surface area (Å²) in [6, 6.07) is 9.64. The summed E-state index contributed by atoms with van der Waals surface area (Å²) in [6.45, 7) is 0. The molecule has 0 unspecified atom stereocenters. The number of tetrazole rings is 1. The van der Waals surface area contributed by atoms with Gasteiger partial charge in [-0.2, -0.15) is 5.10 Å². The van der Waals surface area contributed by atoms with Crippen LogP contribution in [0.5, 0.6) is 0 Å². The molecule has 9 nitrogen and oxygen atoms in total. The SMILES string of the molecule is Cn1nc(C(=O)Nc2ccc(-n3cnnn3)cc2)ccc1=O. The van der Waals surface area contributed by atoms with Gasteiger partial charge in [0.25, 0.3) is 11.5 Å². The molecule has 3 rings (SSSR count). The lowest BCUT2D eigenvalue weighted by Gasteiger charge is -2.06. The quantitative estimate of drug-likeness (QED) is 0.729. The Morgan fingerprint density at radius 2 is 1.91 bits per heavy atom.